The Bertz CT molecular complexity index is 698. The van der Waals surface area contributed by atoms with E-state index in [0.717, 1.165) is 19.4 Å². The standard InChI is InChI=1S/C22H33FN2O4/c1-14(19(28-5)17-11-8-12-24-17)20(26)25-18(21(27)29-22(2,3)4)13-15-9-6-7-10-16(15)23/h6-7,9-10,14,17-19,24H,8,11-13H2,1-5H3,(H,25,26)/t14?,17-,18?,19?/m0/s1. The highest BCUT2D eigenvalue weighted by atomic mass is 19.1. The maximum absolute atomic E-state index is 14.1. The van der Waals surface area contributed by atoms with Crippen molar-refractivity contribution < 1.29 is 23.5 Å². The first-order valence-corrected chi connectivity index (χ1v) is 10.1. The average molecular weight is 409 g/mol. The monoisotopic (exact) mass is 408 g/mol. The van der Waals surface area contributed by atoms with Crippen LogP contribution >= 0.6 is 0 Å². The summed E-state index contributed by atoms with van der Waals surface area (Å²) in [5.74, 6) is -1.82. The van der Waals surface area contributed by atoms with E-state index in [1.807, 2.05) is 0 Å². The minimum Gasteiger partial charge on any atom is -0.458 e. The molecule has 1 heterocycles. The first kappa shape index (κ1) is 23.3. The van der Waals surface area contributed by atoms with E-state index in [9.17, 15) is 14.0 Å². The molecule has 1 aliphatic rings. The molecule has 2 N–H and O–H groups in total. The number of ether oxygens (including phenoxy) is 2. The predicted molar refractivity (Wildman–Crippen MR) is 109 cm³/mol. The Hall–Kier alpha value is -1.99. The van der Waals surface area contributed by atoms with Crippen LogP contribution in [0.5, 0.6) is 0 Å². The fraction of sp³-hybridized carbons (Fsp3) is 0.636. The third kappa shape index (κ3) is 6.78. The number of amides is 1. The van der Waals surface area contributed by atoms with Crippen LogP contribution in [0.25, 0.3) is 0 Å². The zero-order valence-electron chi connectivity index (χ0n) is 18.0. The molecule has 0 saturated carbocycles. The predicted octanol–water partition coefficient (Wildman–Crippen LogP) is 2.60. The zero-order valence-corrected chi connectivity index (χ0v) is 18.0. The number of carbonyl (C=O) groups excluding carboxylic acids is 2. The molecule has 1 aromatic carbocycles. The largest absolute Gasteiger partial charge is 0.458 e. The fourth-order valence-corrected chi connectivity index (χ4v) is 3.61. The lowest BCUT2D eigenvalue weighted by molar-refractivity contribution is -0.159. The van der Waals surface area contributed by atoms with E-state index >= 15 is 0 Å². The van der Waals surface area contributed by atoms with Gasteiger partial charge < -0.3 is 20.1 Å². The van der Waals surface area contributed by atoms with Gasteiger partial charge in [0.15, 0.2) is 0 Å². The van der Waals surface area contributed by atoms with Crippen LogP contribution < -0.4 is 10.6 Å². The van der Waals surface area contributed by atoms with Crippen molar-refractivity contribution in [3.05, 3.63) is 35.6 Å². The van der Waals surface area contributed by atoms with Gasteiger partial charge in [0, 0.05) is 19.6 Å². The maximum Gasteiger partial charge on any atom is 0.329 e. The van der Waals surface area contributed by atoms with Crippen LogP contribution in [0.1, 0.15) is 46.1 Å². The van der Waals surface area contributed by atoms with E-state index in [0.29, 0.717) is 5.56 Å². The first-order chi connectivity index (χ1) is 13.6. The molecule has 1 amide bonds. The molecule has 3 unspecified atom stereocenters. The molecule has 0 aliphatic carbocycles. The van der Waals surface area contributed by atoms with Crippen molar-refractivity contribution in [1.82, 2.24) is 10.6 Å². The van der Waals surface area contributed by atoms with Crippen LogP contribution in [0, 0.1) is 11.7 Å². The van der Waals surface area contributed by atoms with Crippen LogP contribution in [0.4, 0.5) is 4.39 Å². The third-order valence-corrected chi connectivity index (χ3v) is 5.06. The molecular formula is C22H33FN2O4. The van der Waals surface area contributed by atoms with Crippen LogP contribution in [0.3, 0.4) is 0 Å². The zero-order chi connectivity index (χ0) is 21.6. The van der Waals surface area contributed by atoms with Gasteiger partial charge in [-0.3, -0.25) is 4.79 Å². The molecule has 4 atom stereocenters. The number of hydrogen-bond acceptors (Lipinski definition) is 5. The van der Waals surface area contributed by atoms with Crippen molar-refractivity contribution in [3.63, 3.8) is 0 Å². The molecule has 7 heteroatoms. The molecule has 0 radical (unpaired) electrons. The average Bonchev–Trinajstić information content (AvgIpc) is 3.16. The van der Waals surface area contributed by atoms with E-state index in [-0.39, 0.29) is 24.5 Å². The van der Waals surface area contributed by atoms with Crippen LogP contribution in [-0.2, 0) is 25.5 Å². The number of hydrogen-bond donors (Lipinski definition) is 2. The molecule has 1 aromatic rings. The number of halogens is 1. The number of rotatable bonds is 8. The lowest BCUT2D eigenvalue weighted by Crippen LogP contribution is -2.51. The summed E-state index contributed by atoms with van der Waals surface area (Å²) in [5.41, 5.74) is -0.374. The first-order valence-electron chi connectivity index (χ1n) is 10.1. The Balaban J connectivity index is 2.15. The van der Waals surface area contributed by atoms with Crippen molar-refractivity contribution in [1.29, 1.82) is 0 Å². The van der Waals surface area contributed by atoms with E-state index < -0.39 is 29.3 Å². The van der Waals surface area contributed by atoms with Gasteiger partial charge in [-0.25, -0.2) is 9.18 Å². The van der Waals surface area contributed by atoms with E-state index in [2.05, 4.69) is 10.6 Å². The van der Waals surface area contributed by atoms with Crippen LogP contribution in [0.15, 0.2) is 24.3 Å². The highest BCUT2D eigenvalue weighted by Crippen LogP contribution is 2.20. The summed E-state index contributed by atoms with van der Waals surface area (Å²) in [6.07, 6.45) is 1.66. The van der Waals surface area contributed by atoms with Gasteiger partial charge >= 0.3 is 5.97 Å². The van der Waals surface area contributed by atoms with E-state index in [1.54, 1.807) is 53.0 Å². The minimum atomic E-state index is -0.991. The van der Waals surface area contributed by atoms with Crippen molar-refractivity contribution in [2.24, 2.45) is 5.92 Å². The minimum absolute atomic E-state index is 0.0133. The second-order valence-electron chi connectivity index (χ2n) is 8.58. The molecule has 0 aromatic heterocycles. The normalized spacial score (nSPS) is 20.0. The van der Waals surface area contributed by atoms with Gasteiger partial charge in [0.2, 0.25) is 5.91 Å². The lowest BCUT2D eigenvalue weighted by atomic mass is 9.95. The number of nitrogens with one attached hydrogen (secondary N) is 2. The van der Waals surface area contributed by atoms with Crippen LogP contribution in [-0.4, -0.2) is 49.3 Å². The third-order valence-electron chi connectivity index (χ3n) is 5.06. The highest BCUT2D eigenvalue weighted by Gasteiger charge is 2.35. The number of benzene rings is 1. The Morgan fingerprint density at radius 3 is 2.55 bits per heavy atom. The number of methoxy groups -OCH3 is 1. The summed E-state index contributed by atoms with van der Waals surface area (Å²) >= 11 is 0. The summed E-state index contributed by atoms with van der Waals surface area (Å²) in [4.78, 5) is 25.7. The van der Waals surface area contributed by atoms with Crippen molar-refractivity contribution in [2.75, 3.05) is 13.7 Å². The second-order valence-corrected chi connectivity index (χ2v) is 8.58. The van der Waals surface area contributed by atoms with Gasteiger partial charge in [0.1, 0.15) is 17.5 Å². The topological polar surface area (TPSA) is 76.7 Å². The molecule has 1 saturated heterocycles. The number of esters is 1. The molecule has 2 rings (SSSR count). The molecule has 0 bridgehead atoms. The molecule has 6 nitrogen and oxygen atoms in total. The van der Waals surface area contributed by atoms with Gasteiger partial charge in [-0.2, -0.15) is 0 Å². The quantitative estimate of drug-likeness (QED) is 0.647. The molecule has 1 fully saturated rings. The van der Waals surface area contributed by atoms with Gasteiger partial charge in [0.25, 0.3) is 0 Å². The summed E-state index contributed by atoms with van der Waals surface area (Å²) in [6.45, 7) is 7.93. The fourth-order valence-electron chi connectivity index (χ4n) is 3.61. The van der Waals surface area contributed by atoms with Crippen molar-refractivity contribution in [3.8, 4) is 0 Å². The Morgan fingerprint density at radius 1 is 1.31 bits per heavy atom. The SMILES string of the molecule is COC(C(C)C(=O)NC(Cc1ccccc1F)C(=O)OC(C)(C)C)[C@@H]1CCCN1. The summed E-state index contributed by atoms with van der Waals surface area (Å²) < 4.78 is 25.2. The molecule has 29 heavy (non-hydrogen) atoms. The Labute approximate surface area is 172 Å². The highest BCUT2D eigenvalue weighted by molar-refractivity contribution is 5.86. The van der Waals surface area contributed by atoms with Crippen LogP contribution in [0.2, 0.25) is 0 Å². The summed E-state index contributed by atoms with van der Waals surface area (Å²) in [6, 6.07) is 5.31. The molecular weight excluding hydrogens is 375 g/mol. The molecule has 162 valence electrons. The smallest absolute Gasteiger partial charge is 0.329 e. The Morgan fingerprint density at radius 2 is 2.00 bits per heavy atom. The molecule has 1 aliphatic heterocycles. The second kappa shape index (κ2) is 10.2. The van der Waals surface area contributed by atoms with Crippen molar-refractivity contribution in [2.45, 2.75) is 70.7 Å². The maximum atomic E-state index is 14.1. The van der Waals surface area contributed by atoms with Gasteiger partial charge in [-0.1, -0.05) is 25.1 Å². The summed E-state index contributed by atoms with van der Waals surface area (Å²) in [5, 5.41) is 6.12. The Kier molecular flexibility index (Phi) is 8.16. The van der Waals surface area contributed by atoms with Gasteiger partial charge in [-0.05, 0) is 51.8 Å². The van der Waals surface area contributed by atoms with Gasteiger partial charge in [0.05, 0.1) is 12.0 Å². The number of carbonyl (C=O) groups is 2. The van der Waals surface area contributed by atoms with Crippen molar-refractivity contribution >= 4 is 11.9 Å². The van der Waals surface area contributed by atoms with E-state index in [1.165, 1.54) is 6.07 Å². The lowest BCUT2D eigenvalue weighted by Gasteiger charge is -2.30. The van der Waals surface area contributed by atoms with Gasteiger partial charge in [-0.15, -0.1) is 0 Å². The van der Waals surface area contributed by atoms with E-state index in [4.69, 9.17) is 9.47 Å². The molecule has 0 spiro atoms. The summed E-state index contributed by atoms with van der Waals surface area (Å²) in [7, 11) is 1.58.